The third-order valence-corrected chi connectivity index (χ3v) is 3.37. The Kier molecular flexibility index (Phi) is 3.76. The van der Waals surface area contributed by atoms with Crippen molar-refractivity contribution in [3.8, 4) is 0 Å². The summed E-state index contributed by atoms with van der Waals surface area (Å²) < 4.78 is 5.27. The van der Waals surface area contributed by atoms with Gasteiger partial charge >= 0.3 is 0 Å². The van der Waals surface area contributed by atoms with Crippen LogP contribution in [-0.2, 0) is 13.0 Å². The molecule has 0 aliphatic rings. The molecule has 0 fully saturated rings. The predicted octanol–water partition coefficient (Wildman–Crippen LogP) is 1.92. The van der Waals surface area contributed by atoms with Crippen molar-refractivity contribution in [1.29, 1.82) is 0 Å². The van der Waals surface area contributed by atoms with Gasteiger partial charge in [-0.25, -0.2) is 0 Å². The van der Waals surface area contributed by atoms with E-state index in [0.29, 0.717) is 17.7 Å². The number of aryl methyl sites for hydroxylation is 1. The maximum absolute atomic E-state index is 5.36. The van der Waals surface area contributed by atoms with Gasteiger partial charge in [0, 0.05) is 5.75 Å². The molecule has 0 atom stereocenters. The van der Waals surface area contributed by atoms with Crippen LogP contribution in [0.3, 0.4) is 0 Å². The molecule has 2 N–H and O–H groups in total. The van der Waals surface area contributed by atoms with E-state index in [1.807, 2.05) is 0 Å². The number of nitrogens with two attached hydrogens (primary N) is 1. The second-order valence-corrected chi connectivity index (χ2v) is 4.72. The molecular weight excluding hydrogens is 230 g/mol. The first-order chi connectivity index (χ1) is 7.38. The van der Waals surface area contributed by atoms with Gasteiger partial charge in [0.2, 0.25) is 5.89 Å². The lowest BCUT2D eigenvalue weighted by Gasteiger charge is -1.94. The minimum absolute atomic E-state index is 0.304. The van der Waals surface area contributed by atoms with Crippen LogP contribution in [0.2, 0.25) is 0 Å². The summed E-state index contributed by atoms with van der Waals surface area (Å²) in [7, 11) is 0. The largest absolute Gasteiger partial charge is 0.415 e. The molecule has 0 spiro atoms. The van der Waals surface area contributed by atoms with Gasteiger partial charge in [0.25, 0.3) is 5.22 Å². The molecule has 0 unspecified atom stereocenters. The highest BCUT2D eigenvalue weighted by atomic mass is 32.2. The van der Waals surface area contributed by atoms with E-state index >= 15 is 0 Å². The summed E-state index contributed by atoms with van der Waals surface area (Å²) in [5, 5.41) is 12.5. The molecule has 0 aliphatic carbocycles. The highest BCUT2D eigenvalue weighted by molar-refractivity contribution is 7.99. The molecule has 0 saturated carbocycles. The lowest BCUT2D eigenvalue weighted by atomic mass is 10.3. The third-order valence-electron chi connectivity index (χ3n) is 1.82. The van der Waals surface area contributed by atoms with E-state index in [2.05, 4.69) is 27.0 Å². The van der Waals surface area contributed by atoms with Crippen molar-refractivity contribution in [1.82, 2.24) is 10.2 Å². The van der Waals surface area contributed by atoms with Gasteiger partial charge < -0.3 is 10.2 Å². The molecule has 80 valence electrons. The molecule has 2 rings (SSSR count). The Morgan fingerprint density at radius 1 is 1.47 bits per heavy atom. The van der Waals surface area contributed by atoms with Crippen LogP contribution < -0.4 is 5.73 Å². The van der Waals surface area contributed by atoms with Crippen LogP contribution in [0.15, 0.2) is 26.5 Å². The molecule has 0 saturated heterocycles. The number of nitrogens with zero attached hydrogens (tertiary/aromatic N) is 2. The minimum Gasteiger partial charge on any atom is -0.415 e. The molecule has 2 aromatic heterocycles. The minimum atomic E-state index is 0.304. The number of aromatic nitrogens is 2. The molecule has 15 heavy (non-hydrogen) atoms. The Labute approximate surface area is 95.9 Å². The van der Waals surface area contributed by atoms with Crippen molar-refractivity contribution in [2.45, 2.75) is 18.2 Å². The van der Waals surface area contributed by atoms with Gasteiger partial charge in [0.15, 0.2) is 0 Å². The van der Waals surface area contributed by atoms with E-state index in [4.69, 9.17) is 10.2 Å². The third kappa shape index (κ3) is 3.05. The smallest absolute Gasteiger partial charge is 0.276 e. The maximum Gasteiger partial charge on any atom is 0.276 e. The van der Waals surface area contributed by atoms with Crippen molar-refractivity contribution >= 4 is 23.1 Å². The first-order valence-corrected chi connectivity index (χ1v) is 6.47. The molecule has 0 aliphatic heterocycles. The normalized spacial score (nSPS) is 10.7. The first-order valence-electron chi connectivity index (χ1n) is 4.55. The van der Waals surface area contributed by atoms with Crippen LogP contribution in [0, 0.1) is 0 Å². The zero-order chi connectivity index (χ0) is 10.5. The Bertz CT molecular complexity index is 399. The average molecular weight is 241 g/mol. The summed E-state index contributed by atoms with van der Waals surface area (Å²) >= 11 is 3.28. The number of rotatable bonds is 5. The fraction of sp³-hybridized carbons (Fsp3) is 0.333. The van der Waals surface area contributed by atoms with Crippen molar-refractivity contribution in [3.63, 3.8) is 0 Å². The molecule has 0 radical (unpaired) electrons. The Balaban J connectivity index is 1.78. The zero-order valence-corrected chi connectivity index (χ0v) is 9.68. The Hall–Kier alpha value is -0.850. The second-order valence-electron chi connectivity index (χ2n) is 2.90. The fourth-order valence-corrected chi connectivity index (χ4v) is 2.54. The van der Waals surface area contributed by atoms with Crippen LogP contribution in [-0.4, -0.2) is 16.0 Å². The molecule has 6 heteroatoms. The van der Waals surface area contributed by atoms with Crippen molar-refractivity contribution in [3.05, 3.63) is 28.3 Å². The monoisotopic (exact) mass is 241 g/mol. The Morgan fingerprint density at radius 2 is 2.40 bits per heavy atom. The van der Waals surface area contributed by atoms with Gasteiger partial charge in [-0.3, -0.25) is 0 Å². The summed E-state index contributed by atoms with van der Waals surface area (Å²) in [4.78, 5) is 0. The summed E-state index contributed by atoms with van der Waals surface area (Å²) in [6.45, 7) is 0.304. The fourth-order valence-electron chi connectivity index (χ4n) is 1.07. The van der Waals surface area contributed by atoms with Crippen molar-refractivity contribution in [2.75, 3.05) is 5.75 Å². The summed E-state index contributed by atoms with van der Waals surface area (Å²) in [5.74, 6) is 1.44. The van der Waals surface area contributed by atoms with E-state index < -0.39 is 0 Å². The molecule has 2 heterocycles. The second kappa shape index (κ2) is 5.29. The van der Waals surface area contributed by atoms with Gasteiger partial charge in [-0.2, -0.15) is 11.3 Å². The summed E-state index contributed by atoms with van der Waals surface area (Å²) in [6.07, 6.45) is 1.02. The topological polar surface area (TPSA) is 64.9 Å². The van der Waals surface area contributed by atoms with Crippen LogP contribution in [0.5, 0.6) is 0 Å². The van der Waals surface area contributed by atoms with Crippen LogP contribution >= 0.6 is 23.1 Å². The highest BCUT2D eigenvalue weighted by Gasteiger charge is 2.04. The van der Waals surface area contributed by atoms with E-state index in [0.717, 1.165) is 12.2 Å². The Morgan fingerprint density at radius 3 is 3.07 bits per heavy atom. The van der Waals surface area contributed by atoms with Gasteiger partial charge in [-0.1, -0.05) is 11.8 Å². The number of hydrogen-bond acceptors (Lipinski definition) is 6. The molecule has 4 nitrogen and oxygen atoms in total. The lowest BCUT2D eigenvalue weighted by molar-refractivity contribution is 0.415. The maximum atomic E-state index is 5.36. The van der Waals surface area contributed by atoms with Gasteiger partial charge in [-0.05, 0) is 28.8 Å². The quantitative estimate of drug-likeness (QED) is 0.810. The van der Waals surface area contributed by atoms with Gasteiger partial charge in [-0.15, -0.1) is 10.2 Å². The van der Waals surface area contributed by atoms with E-state index in [1.165, 1.54) is 5.56 Å². The van der Waals surface area contributed by atoms with Gasteiger partial charge in [0.1, 0.15) is 0 Å². The van der Waals surface area contributed by atoms with E-state index in [-0.39, 0.29) is 0 Å². The van der Waals surface area contributed by atoms with Gasteiger partial charge in [0.05, 0.1) is 6.54 Å². The summed E-state index contributed by atoms with van der Waals surface area (Å²) in [5.41, 5.74) is 6.72. The van der Waals surface area contributed by atoms with Crippen molar-refractivity contribution in [2.24, 2.45) is 5.73 Å². The van der Waals surface area contributed by atoms with Crippen molar-refractivity contribution < 1.29 is 4.42 Å². The van der Waals surface area contributed by atoms with E-state index in [1.54, 1.807) is 23.1 Å². The number of thioether (sulfide) groups is 1. The average Bonchev–Trinajstić information content (AvgIpc) is 2.88. The van der Waals surface area contributed by atoms with Crippen LogP contribution in [0.1, 0.15) is 11.5 Å². The molecule has 2 aromatic rings. The molecule has 0 amide bonds. The first kappa shape index (κ1) is 10.7. The van der Waals surface area contributed by atoms with E-state index in [9.17, 15) is 0 Å². The molecular formula is C9H11N3OS2. The standard InChI is InChI=1S/C9H11N3OS2/c10-5-8-11-12-9(13-8)15-4-2-7-1-3-14-6-7/h1,3,6H,2,4-5,10H2. The number of thiophene rings is 1. The molecule has 0 bridgehead atoms. The lowest BCUT2D eigenvalue weighted by Crippen LogP contribution is -1.95. The van der Waals surface area contributed by atoms with Crippen LogP contribution in [0.4, 0.5) is 0 Å². The number of hydrogen-bond donors (Lipinski definition) is 1. The SMILES string of the molecule is NCc1nnc(SCCc2ccsc2)o1. The highest BCUT2D eigenvalue weighted by Crippen LogP contribution is 2.18. The predicted molar refractivity (Wildman–Crippen MR) is 60.9 cm³/mol. The molecule has 0 aromatic carbocycles. The summed E-state index contributed by atoms with van der Waals surface area (Å²) in [6, 6.07) is 2.13. The van der Waals surface area contributed by atoms with Crippen LogP contribution in [0.25, 0.3) is 0 Å². The zero-order valence-electron chi connectivity index (χ0n) is 8.05.